The van der Waals surface area contributed by atoms with Crippen molar-refractivity contribution < 1.29 is 9.53 Å². The molecule has 6 nitrogen and oxygen atoms in total. The van der Waals surface area contributed by atoms with Crippen LogP contribution in [0.5, 0.6) is 5.75 Å². The molecule has 0 saturated carbocycles. The first-order valence-electron chi connectivity index (χ1n) is 8.31. The average molecular weight is 411 g/mol. The number of hydrogen-bond acceptors (Lipinski definition) is 6. The summed E-state index contributed by atoms with van der Waals surface area (Å²) in [5.74, 6) is 0.169. The van der Waals surface area contributed by atoms with E-state index in [0.717, 1.165) is 16.6 Å². The van der Waals surface area contributed by atoms with Gasteiger partial charge in [0.2, 0.25) is 0 Å². The van der Waals surface area contributed by atoms with Crippen LogP contribution in [0.25, 0.3) is 21.5 Å². The molecule has 0 atom stereocenters. The van der Waals surface area contributed by atoms with Crippen molar-refractivity contribution in [3.05, 3.63) is 64.8 Å². The lowest BCUT2D eigenvalue weighted by Crippen LogP contribution is -2.12. The number of methoxy groups -OCH3 is 1. The van der Waals surface area contributed by atoms with Crippen LogP contribution in [-0.4, -0.2) is 23.0 Å². The standard InChI is InChI=1S/C20H15ClN4O2S/c1-27-16-5-2-12(21)10-15(16)24-19(26)18-17(22)13-3-4-14(25-20(13)28-18)11-6-8-23-9-7-11/h2-10H,22H2,1H3,(H,24,26). The van der Waals surface area contributed by atoms with Crippen LogP contribution < -0.4 is 15.8 Å². The highest BCUT2D eigenvalue weighted by Gasteiger charge is 2.19. The number of aromatic nitrogens is 2. The van der Waals surface area contributed by atoms with Crippen LogP contribution in [0.4, 0.5) is 11.4 Å². The van der Waals surface area contributed by atoms with E-state index in [1.807, 2.05) is 24.3 Å². The summed E-state index contributed by atoms with van der Waals surface area (Å²) in [5.41, 5.74) is 8.83. The van der Waals surface area contributed by atoms with E-state index >= 15 is 0 Å². The molecule has 0 fully saturated rings. The van der Waals surface area contributed by atoms with Gasteiger partial charge in [0.1, 0.15) is 15.5 Å². The monoisotopic (exact) mass is 410 g/mol. The zero-order valence-corrected chi connectivity index (χ0v) is 16.3. The van der Waals surface area contributed by atoms with Gasteiger partial charge in [0.15, 0.2) is 0 Å². The van der Waals surface area contributed by atoms with Gasteiger partial charge in [-0.1, -0.05) is 11.6 Å². The molecule has 140 valence electrons. The molecule has 4 aromatic rings. The zero-order chi connectivity index (χ0) is 19.7. The van der Waals surface area contributed by atoms with E-state index in [-0.39, 0.29) is 5.91 Å². The molecule has 0 radical (unpaired) electrons. The number of thiophene rings is 1. The van der Waals surface area contributed by atoms with Crippen molar-refractivity contribution in [3.63, 3.8) is 0 Å². The predicted octanol–water partition coefficient (Wildman–Crippen LogP) is 4.85. The maximum absolute atomic E-state index is 12.8. The normalized spacial score (nSPS) is 10.8. The largest absolute Gasteiger partial charge is 0.495 e. The number of anilines is 2. The summed E-state index contributed by atoms with van der Waals surface area (Å²) in [6.45, 7) is 0. The van der Waals surface area contributed by atoms with Crippen molar-refractivity contribution in [2.45, 2.75) is 0 Å². The summed E-state index contributed by atoms with van der Waals surface area (Å²) >= 11 is 7.27. The molecule has 0 bridgehead atoms. The number of nitrogens with one attached hydrogen (secondary N) is 1. The van der Waals surface area contributed by atoms with Gasteiger partial charge in [0.25, 0.3) is 5.91 Å². The second kappa shape index (κ2) is 7.46. The van der Waals surface area contributed by atoms with Crippen molar-refractivity contribution in [2.24, 2.45) is 0 Å². The third-order valence-electron chi connectivity index (χ3n) is 4.19. The van der Waals surface area contributed by atoms with Crippen LogP contribution >= 0.6 is 22.9 Å². The van der Waals surface area contributed by atoms with Crippen LogP contribution in [0.1, 0.15) is 9.67 Å². The van der Waals surface area contributed by atoms with E-state index in [4.69, 9.17) is 22.1 Å². The summed E-state index contributed by atoms with van der Waals surface area (Å²) in [5, 5.41) is 4.04. The number of nitrogens with zero attached hydrogens (tertiary/aromatic N) is 2. The number of benzene rings is 1. The molecular weight excluding hydrogens is 396 g/mol. The Morgan fingerprint density at radius 3 is 2.71 bits per heavy atom. The molecule has 0 saturated heterocycles. The molecule has 0 unspecified atom stereocenters. The number of amides is 1. The lowest BCUT2D eigenvalue weighted by Gasteiger charge is -2.10. The van der Waals surface area contributed by atoms with Gasteiger partial charge in [-0.2, -0.15) is 0 Å². The average Bonchev–Trinajstić information content (AvgIpc) is 3.05. The third-order valence-corrected chi connectivity index (χ3v) is 5.53. The number of halogens is 1. The Labute approximate surface area is 170 Å². The van der Waals surface area contributed by atoms with Gasteiger partial charge in [0, 0.05) is 28.4 Å². The summed E-state index contributed by atoms with van der Waals surface area (Å²) in [7, 11) is 1.53. The quantitative estimate of drug-likeness (QED) is 0.501. The number of rotatable bonds is 4. The molecule has 0 aliphatic heterocycles. The fourth-order valence-electron chi connectivity index (χ4n) is 2.81. The summed E-state index contributed by atoms with van der Waals surface area (Å²) in [6.07, 6.45) is 3.42. The van der Waals surface area contributed by atoms with E-state index in [1.165, 1.54) is 18.4 Å². The highest BCUT2D eigenvalue weighted by Crippen LogP contribution is 2.35. The van der Waals surface area contributed by atoms with Gasteiger partial charge >= 0.3 is 0 Å². The number of fused-ring (bicyclic) bond motifs is 1. The van der Waals surface area contributed by atoms with Crippen LogP contribution in [0.3, 0.4) is 0 Å². The van der Waals surface area contributed by atoms with E-state index in [0.29, 0.717) is 31.9 Å². The highest BCUT2D eigenvalue weighted by atomic mass is 35.5. The second-order valence-corrected chi connectivity index (χ2v) is 7.36. The van der Waals surface area contributed by atoms with Gasteiger partial charge in [-0.15, -0.1) is 11.3 Å². The minimum absolute atomic E-state index is 0.341. The topological polar surface area (TPSA) is 90.1 Å². The number of hydrogen-bond donors (Lipinski definition) is 2. The number of nitrogens with two attached hydrogens (primary N) is 1. The maximum Gasteiger partial charge on any atom is 0.268 e. The number of carbonyl (C=O) groups excluding carboxylic acids is 1. The molecule has 1 amide bonds. The summed E-state index contributed by atoms with van der Waals surface area (Å²) < 4.78 is 5.27. The molecule has 28 heavy (non-hydrogen) atoms. The Morgan fingerprint density at radius 2 is 1.96 bits per heavy atom. The van der Waals surface area contributed by atoms with Crippen LogP contribution in [0.15, 0.2) is 54.9 Å². The Kier molecular flexibility index (Phi) is 4.85. The van der Waals surface area contributed by atoms with Gasteiger partial charge < -0.3 is 15.8 Å². The number of nitrogen functional groups attached to an aromatic ring is 1. The molecule has 1 aromatic carbocycles. The van der Waals surface area contributed by atoms with Crippen molar-refractivity contribution in [3.8, 4) is 17.0 Å². The Morgan fingerprint density at radius 1 is 1.18 bits per heavy atom. The third kappa shape index (κ3) is 3.37. The van der Waals surface area contributed by atoms with E-state index in [9.17, 15) is 4.79 Å². The van der Waals surface area contributed by atoms with E-state index < -0.39 is 0 Å². The van der Waals surface area contributed by atoms with Crippen LogP contribution in [0.2, 0.25) is 5.02 Å². The highest BCUT2D eigenvalue weighted by molar-refractivity contribution is 7.21. The minimum atomic E-state index is -0.341. The zero-order valence-electron chi connectivity index (χ0n) is 14.8. The first-order chi connectivity index (χ1) is 13.6. The maximum atomic E-state index is 12.8. The van der Waals surface area contributed by atoms with E-state index in [2.05, 4.69) is 15.3 Å². The second-order valence-electron chi connectivity index (χ2n) is 5.93. The first kappa shape index (κ1) is 18.2. The molecule has 3 heterocycles. The molecule has 0 aliphatic carbocycles. The van der Waals surface area contributed by atoms with Gasteiger partial charge in [0.05, 0.1) is 24.2 Å². The van der Waals surface area contributed by atoms with Gasteiger partial charge in [-0.3, -0.25) is 9.78 Å². The Bertz CT molecular complexity index is 1180. The first-order valence-corrected chi connectivity index (χ1v) is 9.50. The Hall–Kier alpha value is -3.16. The molecule has 4 rings (SSSR count). The molecule has 3 N–H and O–H groups in total. The number of carbonyl (C=O) groups is 1. The van der Waals surface area contributed by atoms with Crippen molar-refractivity contribution >= 4 is 50.4 Å². The van der Waals surface area contributed by atoms with Crippen LogP contribution in [-0.2, 0) is 0 Å². The number of pyridine rings is 2. The molecule has 3 aromatic heterocycles. The van der Waals surface area contributed by atoms with Crippen molar-refractivity contribution in [1.29, 1.82) is 0 Å². The smallest absolute Gasteiger partial charge is 0.268 e. The lowest BCUT2D eigenvalue weighted by molar-refractivity contribution is 0.103. The fraction of sp³-hybridized carbons (Fsp3) is 0.0500. The van der Waals surface area contributed by atoms with Crippen molar-refractivity contribution in [1.82, 2.24) is 9.97 Å². The molecular formula is C20H15ClN4O2S. The summed E-state index contributed by atoms with van der Waals surface area (Å²) in [4.78, 5) is 22.6. The molecule has 8 heteroatoms. The molecule has 0 aliphatic rings. The number of ether oxygens (including phenoxy) is 1. The fourth-order valence-corrected chi connectivity index (χ4v) is 3.97. The minimum Gasteiger partial charge on any atom is -0.495 e. The van der Waals surface area contributed by atoms with E-state index in [1.54, 1.807) is 30.6 Å². The van der Waals surface area contributed by atoms with Gasteiger partial charge in [-0.25, -0.2) is 4.98 Å². The lowest BCUT2D eigenvalue weighted by atomic mass is 10.1. The van der Waals surface area contributed by atoms with Gasteiger partial charge in [-0.05, 0) is 42.5 Å². The predicted molar refractivity (Wildman–Crippen MR) is 113 cm³/mol. The Balaban J connectivity index is 1.70. The SMILES string of the molecule is COc1ccc(Cl)cc1NC(=O)c1sc2nc(-c3ccncc3)ccc2c1N. The van der Waals surface area contributed by atoms with Crippen molar-refractivity contribution in [2.75, 3.05) is 18.2 Å². The summed E-state index contributed by atoms with van der Waals surface area (Å²) in [6, 6.07) is 12.5. The van der Waals surface area contributed by atoms with Crippen LogP contribution in [0, 0.1) is 0 Å². The molecule has 0 spiro atoms.